The highest BCUT2D eigenvalue weighted by molar-refractivity contribution is 7.90. The van der Waals surface area contributed by atoms with Crippen molar-refractivity contribution in [2.75, 3.05) is 0 Å². The van der Waals surface area contributed by atoms with Crippen molar-refractivity contribution in [3.05, 3.63) is 23.7 Å². The number of furan rings is 1. The van der Waals surface area contributed by atoms with Crippen LogP contribution in [0.1, 0.15) is 56.5 Å². The molecule has 0 bridgehead atoms. The van der Waals surface area contributed by atoms with Crippen LogP contribution >= 0.6 is 0 Å². The van der Waals surface area contributed by atoms with Gasteiger partial charge in [-0.15, -0.1) is 0 Å². The molecule has 1 aromatic rings. The largest absolute Gasteiger partial charge is 0.464 e. The average molecular weight is 295 g/mol. The second-order valence-electron chi connectivity index (χ2n) is 6.64. The van der Waals surface area contributed by atoms with Crippen LogP contribution in [-0.2, 0) is 16.6 Å². The third-order valence-electron chi connectivity index (χ3n) is 4.70. The van der Waals surface area contributed by atoms with E-state index in [4.69, 9.17) is 4.42 Å². The molecule has 3 aliphatic carbocycles. The Kier molecular flexibility index (Phi) is 2.80. The number of hydrogen-bond acceptors (Lipinski definition) is 3. The molecule has 0 saturated heterocycles. The summed E-state index contributed by atoms with van der Waals surface area (Å²) in [6, 6.07) is 4.20. The van der Waals surface area contributed by atoms with Crippen molar-refractivity contribution in [3.63, 3.8) is 0 Å². The summed E-state index contributed by atoms with van der Waals surface area (Å²) in [7, 11) is -3.10. The minimum absolute atomic E-state index is 0.124. The first-order valence-electron chi connectivity index (χ1n) is 7.65. The lowest BCUT2D eigenvalue weighted by molar-refractivity contribution is 0.347. The first-order valence-corrected chi connectivity index (χ1v) is 9.15. The molecule has 110 valence electrons. The number of hydrogen-bond donors (Lipinski definition) is 0. The van der Waals surface area contributed by atoms with Crippen LogP contribution in [0.15, 0.2) is 16.5 Å². The van der Waals surface area contributed by atoms with Crippen molar-refractivity contribution in [1.29, 1.82) is 0 Å². The van der Waals surface area contributed by atoms with Gasteiger partial charge in [0.2, 0.25) is 10.0 Å². The highest BCUT2D eigenvalue weighted by Crippen LogP contribution is 2.47. The van der Waals surface area contributed by atoms with E-state index in [1.165, 1.54) is 6.42 Å². The molecule has 0 amide bonds. The van der Waals surface area contributed by atoms with E-state index in [1.807, 2.05) is 12.1 Å². The lowest BCUT2D eigenvalue weighted by atomic mass is 10.3. The summed E-state index contributed by atoms with van der Waals surface area (Å²) in [5.74, 6) is 3.10. The first kappa shape index (κ1) is 12.9. The molecule has 3 fully saturated rings. The van der Waals surface area contributed by atoms with Gasteiger partial charge in [-0.25, -0.2) is 8.42 Å². The van der Waals surface area contributed by atoms with E-state index in [0.717, 1.165) is 37.2 Å². The quantitative estimate of drug-likeness (QED) is 0.811. The molecule has 3 aliphatic rings. The van der Waals surface area contributed by atoms with Crippen molar-refractivity contribution in [2.24, 2.45) is 5.92 Å². The Balaban J connectivity index is 1.52. The maximum absolute atomic E-state index is 12.5. The summed E-state index contributed by atoms with van der Waals surface area (Å²) >= 11 is 0. The third-order valence-corrected chi connectivity index (χ3v) is 7.09. The summed E-state index contributed by atoms with van der Waals surface area (Å²) in [6.45, 7) is 2.64. The van der Waals surface area contributed by atoms with Crippen molar-refractivity contribution in [2.45, 2.75) is 62.8 Å². The number of nitrogens with zero attached hydrogens (tertiary/aromatic N) is 1. The van der Waals surface area contributed by atoms with Gasteiger partial charge in [-0.2, -0.15) is 4.31 Å². The zero-order valence-corrected chi connectivity index (χ0v) is 12.6. The molecule has 0 aromatic carbocycles. The third kappa shape index (κ3) is 2.31. The van der Waals surface area contributed by atoms with Crippen LogP contribution in [0.25, 0.3) is 0 Å². The fourth-order valence-corrected chi connectivity index (χ4v) is 4.95. The van der Waals surface area contributed by atoms with Crippen LogP contribution in [-0.4, -0.2) is 24.0 Å². The summed E-state index contributed by atoms with van der Waals surface area (Å²) in [5.41, 5.74) is 0. The van der Waals surface area contributed by atoms with Gasteiger partial charge >= 0.3 is 0 Å². The van der Waals surface area contributed by atoms with Gasteiger partial charge in [-0.05, 0) is 50.2 Å². The lowest BCUT2D eigenvalue weighted by Gasteiger charge is -2.20. The van der Waals surface area contributed by atoms with Crippen LogP contribution in [0.4, 0.5) is 0 Å². The molecule has 2 atom stereocenters. The van der Waals surface area contributed by atoms with E-state index in [2.05, 4.69) is 6.92 Å². The molecular formula is C15H21NO3S. The molecule has 1 aromatic heterocycles. The van der Waals surface area contributed by atoms with Crippen molar-refractivity contribution in [1.82, 2.24) is 4.31 Å². The molecule has 3 saturated carbocycles. The zero-order valence-electron chi connectivity index (χ0n) is 11.8. The van der Waals surface area contributed by atoms with Gasteiger partial charge in [0.25, 0.3) is 0 Å². The standard InChI is InChI=1S/C15H21NO3S/c1-10-8-14(10)15-7-4-12(19-15)9-16(11-2-3-11)20(17,18)13-5-6-13/h4,7,10-11,13-14H,2-3,5-6,8-9H2,1H3. The molecule has 4 nitrogen and oxygen atoms in total. The van der Waals surface area contributed by atoms with Crippen molar-refractivity contribution < 1.29 is 12.8 Å². The highest BCUT2D eigenvalue weighted by atomic mass is 32.2. The van der Waals surface area contributed by atoms with Crippen LogP contribution < -0.4 is 0 Å². The monoisotopic (exact) mass is 295 g/mol. The maximum Gasteiger partial charge on any atom is 0.217 e. The van der Waals surface area contributed by atoms with Gasteiger partial charge in [0.15, 0.2) is 0 Å². The van der Waals surface area contributed by atoms with E-state index >= 15 is 0 Å². The summed E-state index contributed by atoms with van der Waals surface area (Å²) in [4.78, 5) is 0. The molecule has 0 spiro atoms. The molecule has 0 radical (unpaired) electrons. The van der Waals surface area contributed by atoms with Crippen LogP contribution in [0.2, 0.25) is 0 Å². The minimum Gasteiger partial charge on any atom is -0.464 e. The molecular weight excluding hydrogens is 274 g/mol. The van der Waals surface area contributed by atoms with E-state index in [0.29, 0.717) is 18.4 Å². The van der Waals surface area contributed by atoms with E-state index < -0.39 is 10.0 Å². The van der Waals surface area contributed by atoms with Crippen LogP contribution in [0.5, 0.6) is 0 Å². The highest BCUT2D eigenvalue weighted by Gasteiger charge is 2.46. The SMILES string of the molecule is CC1CC1c1ccc(CN(C2CC2)S(=O)(=O)C2CC2)o1. The van der Waals surface area contributed by atoms with Gasteiger partial charge in [0.1, 0.15) is 11.5 Å². The van der Waals surface area contributed by atoms with Gasteiger partial charge in [0.05, 0.1) is 11.8 Å². The predicted octanol–water partition coefficient (Wildman–Crippen LogP) is 2.86. The molecule has 0 aliphatic heterocycles. The fraction of sp³-hybridized carbons (Fsp3) is 0.733. The molecule has 5 heteroatoms. The smallest absolute Gasteiger partial charge is 0.217 e. The summed E-state index contributed by atoms with van der Waals surface area (Å²) < 4.78 is 32.5. The number of sulfonamides is 1. The Bertz CT molecular complexity index is 613. The zero-order chi connectivity index (χ0) is 13.9. The molecule has 1 heterocycles. The maximum atomic E-state index is 12.5. The topological polar surface area (TPSA) is 50.5 Å². The van der Waals surface area contributed by atoms with Gasteiger partial charge in [-0.3, -0.25) is 0 Å². The van der Waals surface area contributed by atoms with E-state index in [1.54, 1.807) is 4.31 Å². The van der Waals surface area contributed by atoms with Crippen LogP contribution in [0, 0.1) is 5.92 Å². The second-order valence-corrected chi connectivity index (χ2v) is 8.81. The predicted molar refractivity (Wildman–Crippen MR) is 75.7 cm³/mol. The first-order chi connectivity index (χ1) is 9.55. The van der Waals surface area contributed by atoms with Gasteiger partial charge < -0.3 is 4.42 Å². The van der Waals surface area contributed by atoms with Crippen LogP contribution in [0.3, 0.4) is 0 Å². The molecule has 0 N–H and O–H groups in total. The Morgan fingerprint density at radius 1 is 1.25 bits per heavy atom. The minimum atomic E-state index is -3.10. The van der Waals surface area contributed by atoms with E-state index in [-0.39, 0.29) is 11.3 Å². The van der Waals surface area contributed by atoms with E-state index in [9.17, 15) is 8.42 Å². The lowest BCUT2D eigenvalue weighted by Crippen LogP contribution is -2.35. The van der Waals surface area contributed by atoms with Crippen molar-refractivity contribution >= 4 is 10.0 Å². The Hall–Kier alpha value is -0.810. The summed E-state index contributed by atoms with van der Waals surface area (Å²) in [6.07, 6.45) is 4.85. The average Bonchev–Trinajstić information content (AvgIpc) is 3.24. The fourth-order valence-electron chi connectivity index (χ4n) is 2.90. The molecule has 20 heavy (non-hydrogen) atoms. The Morgan fingerprint density at radius 3 is 2.50 bits per heavy atom. The van der Waals surface area contributed by atoms with Gasteiger partial charge in [-0.1, -0.05) is 6.92 Å². The van der Waals surface area contributed by atoms with Crippen molar-refractivity contribution in [3.8, 4) is 0 Å². The second kappa shape index (κ2) is 4.34. The van der Waals surface area contributed by atoms with Gasteiger partial charge in [0, 0.05) is 12.0 Å². The summed E-state index contributed by atoms with van der Waals surface area (Å²) in [5, 5.41) is -0.124. The Morgan fingerprint density at radius 2 is 1.95 bits per heavy atom. The number of rotatable bonds is 6. The molecule has 2 unspecified atom stereocenters. The Labute approximate surface area is 120 Å². The normalized spacial score (nSPS) is 29.9. The molecule has 4 rings (SSSR count).